The summed E-state index contributed by atoms with van der Waals surface area (Å²) in [6.07, 6.45) is 0.728. The summed E-state index contributed by atoms with van der Waals surface area (Å²) < 4.78 is 1.76. The zero-order valence-electron chi connectivity index (χ0n) is 9.34. The standard InChI is InChI=1S/C11H9Br2ClN2OS/c1-2-6(12)10(17)16-11-15-9-7(13)3-5(14)4-8(9)18-11/h3-4,6H,2H2,1H3,(H,15,16,17). The summed E-state index contributed by atoms with van der Waals surface area (Å²) in [5.41, 5.74) is 0.808. The molecule has 18 heavy (non-hydrogen) atoms. The summed E-state index contributed by atoms with van der Waals surface area (Å²) in [6.45, 7) is 1.94. The van der Waals surface area contributed by atoms with Crippen LogP contribution in [0, 0.1) is 0 Å². The van der Waals surface area contributed by atoms with Crippen molar-refractivity contribution in [2.24, 2.45) is 0 Å². The Morgan fingerprint density at radius 1 is 1.61 bits per heavy atom. The van der Waals surface area contributed by atoms with E-state index in [-0.39, 0.29) is 10.7 Å². The van der Waals surface area contributed by atoms with Gasteiger partial charge in [-0.1, -0.05) is 45.8 Å². The Labute approximate surface area is 130 Å². The fraction of sp³-hybridized carbons (Fsp3) is 0.273. The molecule has 1 amide bonds. The number of hydrogen-bond donors (Lipinski definition) is 1. The zero-order valence-corrected chi connectivity index (χ0v) is 14.1. The lowest BCUT2D eigenvalue weighted by atomic mass is 10.3. The number of halogens is 3. The number of thiazole rings is 1. The first kappa shape index (κ1) is 14.2. The van der Waals surface area contributed by atoms with Crippen molar-refractivity contribution in [2.45, 2.75) is 18.2 Å². The summed E-state index contributed by atoms with van der Waals surface area (Å²) in [5, 5.41) is 4.01. The van der Waals surface area contributed by atoms with Gasteiger partial charge in [-0.3, -0.25) is 4.79 Å². The number of alkyl halides is 1. The van der Waals surface area contributed by atoms with Crippen molar-refractivity contribution in [2.75, 3.05) is 5.32 Å². The van der Waals surface area contributed by atoms with E-state index in [1.54, 1.807) is 6.07 Å². The molecule has 0 fully saturated rings. The van der Waals surface area contributed by atoms with Crippen molar-refractivity contribution < 1.29 is 4.79 Å². The van der Waals surface area contributed by atoms with E-state index in [1.807, 2.05) is 13.0 Å². The van der Waals surface area contributed by atoms with Gasteiger partial charge in [-0.2, -0.15) is 0 Å². The molecule has 2 rings (SSSR count). The Morgan fingerprint density at radius 3 is 3.00 bits per heavy atom. The second-order valence-corrected chi connectivity index (χ2v) is 7.05. The monoisotopic (exact) mass is 410 g/mol. The van der Waals surface area contributed by atoms with Crippen molar-refractivity contribution in [1.29, 1.82) is 0 Å². The van der Waals surface area contributed by atoms with Gasteiger partial charge in [0.25, 0.3) is 0 Å². The lowest BCUT2D eigenvalue weighted by Gasteiger charge is -2.04. The van der Waals surface area contributed by atoms with Crippen LogP contribution in [0.1, 0.15) is 13.3 Å². The molecule has 0 aliphatic heterocycles. The van der Waals surface area contributed by atoms with Crippen LogP contribution in [0.2, 0.25) is 5.02 Å². The van der Waals surface area contributed by atoms with Crippen LogP contribution in [0.4, 0.5) is 5.13 Å². The molecule has 0 spiro atoms. The normalized spacial score (nSPS) is 12.7. The summed E-state index contributed by atoms with van der Waals surface area (Å²) in [4.78, 5) is 15.9. The number of fused-ring (bicyclic) bond motifs is 1. The predicted molar refractivity (Wildman–Crippen MR) is 84.0 cm³/mol. The van der Waals surface area contributed by atoms with Gasteiger partial charge in [0.2, 0.25) is 5.91 Å². The molecular formula is C11H9Br2ClN2OS. The second-order valence-electron chi connectivity index (χ2n) is 3.62. The molecular weight excluding hydrogens is 403 g/mol. The number of hydrogen-bond acceptors (Lipinski definition) is 3. The maximum atomic E-state index is 11.7. The topological polar surface area (TPSA) is 42.0 Å². The smallest absolute Gasteiger partial charge is 0.239 e. The number of anilines is 1. The quantitative estimate of drug-likeness (QED) is 0.734. The summed E-state index contributed by atoms with van der Waals surface area (Å²) in [7, 11) is 0. The maximum absolute atomic E-state index is 11.7. The highest BCUT2D eigenvalue weighted by atomic mass is 79.9. The molecule has 1 N–H and O–H groups in total. The first-order valence-corrected chi connectivity index (χ1v) is 8.12. The van der Waals surface area contributed by atoms with Crippen molar-refractivity contribution in [3.8, 4) is 0 Å². The van der Waals surface area contributed by atoms with Gasteiger partial charge in [0, 0.05) is 9.50 Å². The predicted octanol–water partition coefficient (Wildman–Crippen LogP) is 4.82. The Hall–Kier alpha value is -0.170. The molecule has 3 nitrogen and oxygen atoms in total. The van der Waals surface area contributed by atoms with Crippen LogP contribution < -0.4 is 5.32 Å². The van der Waals surface area contributed by atoms with E-state index < -0.39 is 0 Å². The highest BCUT2D eigenvalue weighted by Crippen LogP contribution is 2.34. The van der Waals surface area contributed by atoms with Gasteiger partial charge >= 0.3 is 0 Å². The molecule has 1 heterocycles. The average Bonchev–Trinajstić information content (AvgIpc) is 2.70. The van der Waals surface area contributed by atoms with Crippen molar-refractivity contribution >= 4 is 76.1 Å². The van der Waals surface area contributed by atoms with Crippen LogP contribution in [-0.2, 0) is 4.79 Å². The van der Waals surface area contributed by atoms with Crippen LogP contribution in [0.5, 0.6) is 0 Å². The molecule has 1 aromatic carbocycles. The van der Waals surface area contributed by atoms with E-state index in [9.17, 15) is 4.79 Å². The maximum Gasteiger partial charge on any atom is 0.239 e. The minimum absolute atomic E-state index is 0.0845. The fourth-order valence-electron chi connectivity index (χ4n) is 1.38. The van der Waals surface area contributed by atoms with E-state index in [0.29, 0.717) is 10.2 Å². The molecule has 0 saturated heterocycles. The molecule has 0 aliphatic rings. The van der Waals surface area contributed by atoms with Gasteiger partial charge in [0.15, 0.2) is 5.13 Å². The number of benzene rings is 1. The van der Waals surface area contributed by atoms with E-state index in [1.165, 1.54) is 11.3 Å². The third-order valence-electron chi connectivity index (χ3n) is 2.29. The van der Waals surface area contributed by atoms with Crippen LogP contribution in [0.15, 0.2) is 16.6 Å². The first-order chi connectivity index (χ1) is 8.51. The van der Waals surface area contributed by atoms with Gasteiger partial charge in [-0.15, -0.1) is 0 Å². The SMILES string of the molecule is CCC(Br)C(=O)Nc1nc2c(Br)cc(Cl)cc2s1. The van der Waals surface area contributed by atoms with Crippen molar-refractivity contribution in [3.05, 3.63) is 21.6 Å². The Bertz CT molecular complexity index is 602. The summed E-state index contributed by atoms with van der Waals surface area (Å²) in [5.74, 6) is -0.0845. The Kier molecular flexibility index (Phi) is 4.64. The van der Waals surface area contributed by atoms with Gasteiger partial charge in [-0.25, -0.2) is 4.98 Å². The molecule has 96 valence electrons. The van der Waals surface area contributed by atoms with Crippen LogP contribution in [-0.4, -0.2) is 15.7 Å². The molecule has 1 atom stereocenters. The van der Waals surface area contributed by atoms with E-state index in [2.05, 4.69) is 42.2 Å². The van der Waals surface area contributed by atoms with Crippen LogP contribution in [0.3, 0.4) is 0 Å². The summed E-state index contributed by atoms with van der Waals surface area (Å²) >= 11 is 14.1. The number of carbonyl (C=O) groups is 1. The van der Waals surface area contributed by atoms with Crippen molar-refractivity contribution in [3.63, 3.8) is 0 Å². The average molecular weight is 413 g/mol. The van der Waals surface area contributed by atoms with E-state index >= 15 is 0 Å². The number of amides is 1. The van der Waals surface area contributed by atoms with Gasteiger partial charge in [0.05, 0.1) is 15.0 Å². The molecule has 7 heteroatoms. The minimum Gasteiger partial charge on any atom is -0.301 e. The number of aromatic nitrogens is 1. The van der Waals surface area contributed by atoms with Gasteiger partial charge in [-0.05, 0) is 34.5 Å². The van der Waals surface area contributed by atoms with E-state index in [0.717, 1.165) is 21.1 Å². The molecule has 0 radical (unpaired) electrons. The van der Waals surface area contributed by atoms with Gasteiger partial charge in [0.1, 0.15) is 0 Å². The van der Waals surface area contributed by atoms with E-state index in [4.69, 9.17) is 11.6 Å². The second kappa shape index (κ2) is 5.86. The summed E-state index contributed by atoms with van der Waals surface area (Å²) in [6, 6.07) is 3.62. The highest BCUT2D eigenvalue weighted by molar-refractivity contribution is 9.10. The lowest BCUT2D eigenvalue weighted by molar-refractivity contribution is -0.115. The minimum atomic E-state index is -0.198. The zero-order chi connectivity index (χ0) is 13.3. The number of nitrogens with zero attached hydrogens (tertiary/aromatic N) is 1. The molecule has 0 saturated carbocycles. The highest BCUT2D eigenvalue weighted by Gasteiger charge is 2.15. The van der Waals surface area contributed by atoms with Crippen LogP contribution >= 0.6 is 54.8 Å². The number of carbonyl (C=O) groups excluding carboxylic acids is 1. The molecule has 0 bridgehead atoms. The number of rotatable bonds is 3. The third kappa shape index (κ3) is 3.04. The Morgan fingerprint density at radius 2 is 2.33 bits per heavy atom. The first-order valence-electron chi connectivity index (χ1n) is 5.21. The lowest BCUT2D eigenvalue weighted by Crippen LogP contribution is -2.21. The molecule has 1 unspecified atom stereocenters. The van der Waals surface area contributed by atoms with Crippen LogP contribution in [0.25, 0.3) is 10.2 Å². The Balaban J connectivity index is 2.31. The largest absolute Gasteiger partial charge is 0.301 e. The fourth-order valence-corrected chi connectivity index (χ4v) is 3.52. The molecule has 1 aromatic heterocycles. The third-order valence-corrected chi connectivity index (χ3v) is 5.09. The van der Waals surface area contributed by atoms with Crippen molar-refractivity contribution in [1.82, 2.24) is 4.98 Å². The number of nitrogens with one attached hydrogen (secondary N) is 1. The van der Waals surface area contributed by atoms with Gasteiger partial charge < -0.3 is 5.32 Å². The molecule has 0 aliphatic carbocycles. The molecule has 2 aromatic rings.